The number of anilines is 2. The molecule has 22 heavy (non-hydrogen) atoms. The molecular weight excluding hydrogens is 315 g/mol. The van der Waals surface area contributed by atoms with Gasteiger partial charge in [-0.1, -0.05) is 6.92 Å². The summed E-state index contributed by atoms with van der Waals surface area (Å²) in [6.07, 6.45) is 0. The number of hydrogen-bond donors (Lipinski definition) is 2. The molecule has 0 radical (unpaired) electrons. The smallest absolute Gasteiger partial charge is 0.309 e. The van der Waals surface area contributed by atoms with Gasteiger partial charge in [-0.2, -0.15) is 0 Å². The molecule has 0 spiro atoms. The van der Waals surface area contributed by atoms with Crippen molar-refractivity contribution >= 4 is 33.3 Å². The van der Waals surface area contributed by atoms with Gasteiger partial charge in [0.2, 0.25) is 15.9 Å². The summed E-state index contributed by atoms with van der Waals surface area (Å²) in [6.45, 7) is 2.62. The van der Waals surface area contributed by atoms with Gasteiger partial charge in [-0.05, 0) is 18.2 Å². The lowest BCUT2D eigenvalue weighted by Gasteiger charge is -2.13. The Hall–Kier alpha value is -2.16. The number of halogens is 1. The molecule has 0 saturated carbocycles. The molecule has 1 aromatic carbocycles. The van der Waals surface area contributed by atoms with Crippen molar-refractivity contribution in [2.24, 2.45) is 5.92 Å². The minimum atomic E-state index is -3.83. The predicted octanol–water partition coefficient (Wildman–Crippen LogP) is 1.33. The summed E-state index contributed by atoms with van der Waals surface area (Å²) < 4.78 is 44.0. The summed E-state index contributed by atoms with van der Waals surface area (Å²) in [4.78, 5) is 22.2. The van der Waals surface area contributed by atoms with Crippen molar-refractivity contribution in [1.82, 2.24) is 0 Å². The van der Waals surface area contributed by atoms with Crippen LogP contribution in [0, 0.1) is 11.7 Å². The molecule has 1 rings (SSSR count). The molecule has 0 unspecified atom stereocenters. The molecule has 0 aromatic heterocycles. The number of sulfonamides is 1. The summed E-state index contributed by atoms with van der Waals surface area (Å²) >= 11 is 0. The van der Waals surface area contributed by atoms with E-state index in [1.54, 1.807) is 0 Å². The zero-order valence-corrected chi connectivity index (χ0v) is 13.2. The van der Waals surface area contributed by atoms with Crippen LogP contribution >= 0.6 is 0 Å². The number of hydrogen-bond acceptors (Lipinski definition) is 5. The molecule has 0 aliphatic heterocycles. The average molecular weight is 332 g/mol. The second kappa shape index (κ2) is 7.21. The van der Waals surface area contributed by atoms with Crippen LogP contribution in [-0.2, 0) is 24.3 Å². The number of benzene rings is 1. The van der Waals surface area contributed by atoms with E-state index in [9.17, 15) is 22.4 Å². The summed E-state index contributed by atoms with van der Waals surface area (Å²) in [7, 11) is -2.67. The fraction of sp³-hybridized carbons (Fsp3) is 0.385. The zero-order valence-electron chi connectivity index (χ0n) is 12.3. The van der Waals surface area contributed by atoms with Gasteiger partial charge in [0, 0.05) is 6.92 Å². The van der Waals surface area contributed by atoms with Gasteiger partial charge in [-0.3, -0.25) is 14.3 Å². The predicted molar refractivity (Wildman–Crippen MR) is 79.3 cm³/mol. The molecule has 0 heterocycles. The van der Waals surface area contributed by atoms with Crippen molar-refractivity contribution in [3.05, 3.63) is 24.0 Å². The van der Waals surface area contributed by atoms with Crippen LogP contribution in [-0.4, -0.2) is 33.2 Å². The highest BCUT2D eigenvalue weighted by atomic mass is 32.2. The lowest BCUT2D eigenvalue weighted by Crippen LogP contribution is -2.26. The summed E-state index contributed by atoms with van der Waals surface area (Å²) in [5.41, 5.74) is -0.0732. The highest BCUT2D eigenvalue weighted by Crippen LogP contribution is 2.21. The number of amides is 1. The van der Waals surface area contributed by atoms with Gasteiger partial charge in [0.15, 0.2) is 0 Å². The first-order valence-electron chi connectivity index (χ1n) is 6.30. The molecule has 1 amide bonds. The first-order valence-corrected chi connectivity index (χ1v) is 7.95. The third kappa shape index (κ3) is 5.32. The van der Waals surface area contributed by atoms with Gasteiger partial charge < -0.3 is 10.1 Å². The summed E-state index contributed by atoms with van der Waals surface area (Å²) in [5.74, 6) is -3.16. The van der Waals surface area contributed by atoms with Gasteiger partial charge in [-0.15, -0.1) is 0 Å². The molecule has 0 bridgehead atoms. The van der Waals surface area contributed by atoms with Crippen molar-refractivity contribution < 1.29 is 27.1 Å². The van der Waals surface area contributed by atoms with Crippen LogP contribution in [0.5, 0.6) is 0 Å². The standard InChI is InChI=1S/C13H17FN2O5S/c1-8(13(18)21-3)7-22(19,20)16-10-4-5-11(14)12(6-10)15-9(2)17/h4-6,8,16H,7H2,1-3H3,(H,15,17)/t8-/m0/s1. The molecule has 2 N–H and O–H groups in total. The van der Waals surface area contributed by atoms with Crippen molar-refractivity contribution in [3.8, 4) is 0 Å². The molecular formula is C13H17FN2O5S. The molecule has 0 fully saturated rings. The van der Waals surface area contributed by atoms with E-state index in [1.807, 2.05) is 0 Å². The quantitative estimate of drug-likeness (QED) is 0.765. The number of ether oxygens (including phenoxy) is 1. The van der Waals surface area contributed by atoms with Gasteiger partial charge in [-0.25, -0.2) is 12.8 Å². The Morgan fingerprint density at radius 1 is 1.36 bits per heavy atom. The van der Waals surface area contributed by atoms with Crippen LogP contribution in [0.4, 0.5) is 15.8 Å². The topological polar surface area (TPSA) is 102 Å². The van der Waals surface area contributed by atoms with Crippen LogP contribution in [0.3, 0.4) is 0 Å². The maximum absolute atomic E-state index is 13.5. The first kappa shape index (κ1) is 17.9. The fourth-order valence-corrected chi connectivity index (χ4v) is 3.06. The highest BCUT2D eigenvalue weighted by Gasteiger charge is 2.22. The Labute approximate surface area is 127 Å². The third-order valence-corrected chi connectivity index (χ3v) is 4.11. The monoisotopic (exact) mass is 332 g/mol. The lowest BCUT2D eigenvalue weighted by atomic mass is 10.2. The van der Waals surface area contributed by atoms with Crippen molar-refractivity contribution in [1.29, 1.82) is 0 Å². The van der Waals surface area contributed by atoms with E-state index >= 15 is 0 Å². The number of rotatable bonds is 6. The molecule has 122 valence electrons. The van der Waals surface area contributed by atoms with Crippen molar-refractivity contribution in [3.63, 3.8) is 0 Å². The SMILES string of the molecule is COC(=O)[C@@H](C)CS(=O)(=O)Nc1ccc(F)c(NC(C)=O)c1. The van der Waals surface area contributed by atoms with E-state index in [1.165, 1.54) is 27.0 Å². The third-order valence-electron chi connectivity index (χ3n) is 2.62. The highest BCUT2D eigenvalue weighted by molar-refractivity contribution is 7.92. The maximum atomic E-state index is 13.5. The summed E-state index contributed by atoms with van der Waals surface area (Å²) in [6, 6.07) is 3.38. The van der Waals surface area contributed by atoms with Crippen LogP contribution in [0.2, 0.25) is 0 Å². The van der Waals surface area contributed by atoms with E-state index in [-0.39, 0.29) is 11.4 Å². The fourth-order valence-electron chi connectivity index (χ4n) is 1.69. The average Bonchev–Trinajstić information content (AvgIpc) is 2.40. The Bertz CT molecular complexity index is 675. The van der Waals surface area contributed by atoms with E-state index in [4.69, 9.17) is 0 Å². The zero-order chi connectivity index (χ0) is 16.9. The van der Waals surface area contributed by atoms with Crippen LogP contribution in [0.1, 0.15) is 13.8 Å². The van der Waals surface area contributed by atoms with Crippen LogP contribution in [0.25, 0.3) is 0 Å². The molecule has 0 aliphatic carbocycles. The molecule has 9 heteroatoms. The maximum Gasteiger partial charge on any atom is 0.309 e. The first-order chi connectivity index (χ1) is 10.1. The van der Waals surface area contributed by atoms with E-state index in [0.29, 0.717) is 0 Å². The molecule has 0 aliphatic rings. The summed E-state index contributed by atoms with van der Waals surface area (Å²) in [5, 5.41) is 2.24. The minimum Gasteiger partial charge on any atom is -0.469 e. The molecule has 0 saturated heterocycles. The van der Waals surface area contributed by atoms with E-state index in [2.05, 4.69) is 14.8 Å². The molecule has 7 nitrogen and oxygen atoms in total. The molecule has 1 aromatic rings. The van der Waals surface area contributed by atoms with Crippen molar-refractivity contribution in [2.45, 2.75) is 13.8 Å². The Morgan fingerprint density at radius 2 is 2.00 bits per heavy atom. The van der Waals surface area contributed by atoms with E-state index in [0.717, 1.165) is 12.1 Å². The second-order valence-electron chi connectivity index (χ2n) is 4.68. The minimum absolute atomic E-state index is 0.0715. The number of methoxy groups -OCH3 is 1. The van der Waals surface area contributed by atoms with Gasteiger partial charge in [0.25, 0.3) is 0 Å². The normalized spacial score (nSPS) is 12.4. The Balaban J connectivity index is 2.89. The van der Waals surface area contributed by atoms with Crippen molar-refractivity contribution in [2.75, 3.05) is 22.9 Å². The van der Waals surface area contributed by atoms with E-state index < -0.39 is 39.4 Å². The van der Waals surface area contributed by atoms with Gasteiger partial charge in [0.1, 0.15) is 5.82 Å². The molecule has 1 atom stereocenters. The Morgan fingerprint density at radius 3 is 2.55 bits per heavy atom. The van der Waals surface area contributed by atoms with Crippen LogP contribution < -0.4 is 10.0 Å². The largest absolute Gasteiger partial charge is 0.469 e. The van der Waals surface area contributed by atoms with Crippen LogP contribution in [0.15, 0.2) is 18.2 Å². The Kier molecular flexibility index (Phi) is 5.86. The number of nitrogens with one attached hydrogen (secondary N) is 2. The second-order valence-corrected chi connectivity index (χ2v) is 6.45. The number of esters is 1. The lowest BCUT2D eigenvalue weighted by molar-refractivity contribution is -0.144. The number of carbonyl (C=O) groups is 2. The van der Waals surface area contributed by atoms with Gasteiger partial charge >= 0.3 is 5.97 Å². The van der Waals surface area contributed by atoms with Gasteiger partial charge in [0.05, 0.1) is 30.2 Å². The number of carbonyl (C=O) groups excluding carboxylic acids is 2.